The number of benzene rings is 1. The van der Waals surface area contributed by atoms with E-state index in [1.165, 1.54) is 11.3 Å². The zero-order valence-corrected chi connectivity index (χ0v) is 18.4. The number of aryl methyl sites for hydroxylation is 2. The van der Waals surface area contributed by atoms with Gasteiger partial charge in [-0.25, -0.2) is 9.67 Å². The summed E-state index contributed by atoms with van der Waals surface area (Å²) in [4.78, 5) is 22.4. The van der Waals surface area contributed by atoms with Crippen LogP contribution in [0.25, 0.3) is 11.0 Å². The van der Waals surface area contributed by atoms with Gasteiger partial charge in [-0.2, -0.15) is 5.10 Å². The Labute approximate surface area is 177 Å². The number of nitrogens with zero attached hydrogens (tertiary/aromatic N) is 5. The van der Waals surface area contributed by atoms with E-state index >= 15 is 0 Å². The molecule has 1 aromatic carbocycles. The van der Waals surface area contributed by atoms with Gasteiger partial charge in [-0.05, 0) is 64.6 Å². The Morgan fingerprint density at radius 1 is 1.10 bits per heavy atom. The van der Waals surface area contributed by atoms with Crippen LogP contribution in [-0.2, 0) is 0 Å². The van der Waals surface area contributed by atoms with Crippen LogP contribution in [-0.4, -0.2) is 58.8 Å². The van der Waals surface area contributed by atoms with Gasteiger partial charge in [0.1, 0.15) is 0 Å². The molecular formula is C23H30N6O. The number of pyridine rings is 1. The minimum atomic E-state index is -0.147. The number of aromatic nitrogens is 3. The number of piperazine rings is 1. The minimum Gasteiger partial charge on any atom is -0.369 e. The highest BCUT2D eigenvalue weighted by atomic mass is 16.1. The molecule has 0 atom stereocenters. The number of rotatable bonds is 4. The van der Waals surface area contributed by atoms with Crippen molar-refractivity contribution >= 4 is 28.3 Å². The average molecular weight is 407 g/mol. The first-order valence-corrected chi connectivity index (χ1v) is 10.5. The first kappa shape index (κ1) is 20.3. The van der Waals surface area contributed by atoms with Gasteiger partial charge in [0.05, 0.1) is 17.5 Å². The number of hydrogen-bond donors (Lipinski definition) is 1. The van der Waals surface area contributed by atoms with Gasteiger partial charge in [-0.1, -0.05) is 0 Å². The Morgan fingerprint density at radius 3 is 2.50 bits per heavy atom. The maximum atomic E-state index is 13.0. The highest BCUT2D eigenvalue weighted by Gasteiger charge is 2.18. The normalized spacial score (nSPS) is 15.2. The number of fused-ring (bicyclic) bond motifs is 1. The van der Waals surface area contributed by atoms with Gasteiger partial charge in [0.25, 0.3) is 5.91 Å². The predicted octanol–water partition coefficient (Wildman–Crippen LogP) is 3.63. The summed E-state index contributed by atoms with van der Waals surface area (Å²) in [6.45, 7) is 12.3. The second-order valence-electron chi connectivity index (χ2n) is 8.46. The number of carbonyl (C=O) groups excluding carboxylic acids is 1. The van der Waals surface area contributed by atoms with Crippen LogP contribution in [0.5, 0.6) is 0 Å². The standard InChI is InChI=1S/C23H30N6O/c1-15(2)29-22-18(14-24-29)13-20(17(4)25-22)23(30)26-19-6-7-21(16(3)12-19)28-10-8-27(5)9-11-28/h6-7,12-15H,8-11H2,1-5H3,(H,26,30). The maximum Gasteiger partial charge on any atom is 0.257 e. The van der Waals surface area contributed by atoms with Crippen molar-refractivity contribution in [2.45, 2.75) is 33.7 Å². The molecule has 1 aliphatic rings. The second kappa shape index (κ2) is 8.07. The summed E-state index contributed by atoms with van der Waals surface area (Å²) in [5.74, 6) is -0.147. The molecule has 4 rings (SSSR count). The fourth-order valence-corrected chi connectivity index (χ4v) is 4.01. The van der Waals surface area contributed by atoms with Crippen LogP contribution >= 0.6 is 0 Å². The number of carbonyl (C=O) groups is 1. The van der Waals surface area contributed by atoms with Crippen molar-refractivity contribution in [1.82, 2.24) is 19.7 Å². The van der Waals surface area contributed by atoms with Crippen molar-refractivity contribution in [1.29, 1.82) is 0 Å². The van der Waals surface area contributed by atoms with Crippen molar-refractivity contribution in [3.05, 3.63) is 47.3 Å². The van der Waals surface area contributed by atoms with Crippen LogP contribution in [0.2, 0.25) is 0 Å². The molecule has 2 aromatic heterocycles. The molecular weight excluding hydrogens is 376 g/mol. The SMILES string of the molecule is Cc1cc(NC(=O)c2cc3cnn(C(C)C)c3nc2C)ccc1N1CCN(C)CC1. The molecule has 1 amide bonds. The lowest BCUT2D eigenvalue weighted by Gasteiger charge is -2.35. The molecule has 1 saturated heterocycles. The smallest absolute Gasteiger partial charge is 0.257 e. The number of hydrogen-bond acceptors (Lipinski definition) is 5. The molecule has 0 aliphatic carbocycles. The van der Waals surface area contributed by atoms with E-state index in [1.807, 2.05) is 29.8 Å². The van der Waals surface area contributed by atoms with Crippen molar-refractivity contribution in [3.63, 3.8) is 0 Å². The molecule has 3 aromatic rings. The molecule has 3 heterocycles. The fourth-order valence-electron chi connectivity index (χ4n) is 4.01. The molecule has 0 unspecified atom stereocenters. The maximum absolute atomic E-state index is 13.0. The lowest BCUT2D eigenvalue weighted by Crippen LogP contribution is -2.44. The lowest BCUT2D eigenvalue weighted by molar-refractivity contribution is 0.102. The van der Waals surface area contributed by atoms with E-state index in [2.05, 4.69) is 59.1 Å². The van der Waals surface area contributed by atoms with Crippen LogP contribution in [0.15, 0.2) is 30.5 Å². The van der Waals surface area contributed by atoms with Crippen molar-refractivity contribution < 1.29 is 4.79 Å². The van der Waals surface area contributed by atoms with Crippen LogP contribution in [0.3, 0.4) is 0 Å². The fraction of sp³-hybridized carbons (Fsp3) is 0.435. The quantitative estimate of drug-likeness (QED) is 0.717. The van der Waals surface area contributed by atoms with Gasteiger partial charge in [0.15, 0.2) is 5.65 Å². The molecule has 1 fully saturated rings. The molecule has 0 saturated carbocycles. The van der Waals surface area contributed by atoms with E-state index in [0.29, 0.717) is 11.3 Å². The molecule has 30 heavy (non-hydrogen) atoms. The molecule has 7 nitrogen and oxygen atoms in total. The third-order valence-corrected chi connectivity index (χ3v) is 5.79. The molecule has 0 spiro atoms. The summed E-state index contributed by atoms with van der Waals surface area (Å²) in [6.07, 6.45) is 1.77. The number of likely N-dealkylation sites (N-methyl/N-ethyl adjacent to an activating group) is 1. The first-order valence-electron chi connectivity index (χ1n) is 10.5. The van der Waals surface area contributed by atoms with E-state index in [-0.39, 0.29) is 11.9 Å². The topological polar surface area (TPSA) is 66.3 Å². The Bertz CT molecular complexity index is 1080. The molecule has 158 valence electrons. The van der Waals surface area contributed by atoms with Gasteiger partial charge in [-0.3, -0.25) is 4.79 Å². The molecule has 0 radical (unpaired) electrons. The Balaban J connectivity index is 1.54. The zero-order valence-electron chi connectivity index (χ0n) is 18.4. The van der Waals surface area contributed by atoms with Crippen LogP contribution in [0, 0.1) is 13.8 Å². The number of anilines is 2. The molecule has 1 N–H and O–H groups in total. The monoisotopic (exact) mass is 406 g/mol. The third-order valence-electron chi connectivity index (χ3n) is 5.79. The lowest BCUT2D eigenvalue weighted by atomic mass is 10.1. The highest BCUT2D eigenvalue weighted by molar-refractivity contribution is 6.06. The zero-order chi connectivity index (χ0) is 21.4. The van der Waals surface area contributed by atoms with Crippen LogP contribution < -0.4 is 10.2 Å². The first-order chi connectivity index (χ1) is 14.3. The Morgan fingerprint density at radius 2 is 1.83 bits per heavy atom. The third kappa shape index (κ3) is 3.89. The minimum absolute atomic E-state index is 0.147. The summed E-state index contributed by atoms with van der Waals surface area (Å²) < 4.78 is 1.88. The summed E-state index contributed by atoms with van der Waals surface area (Å²) in [5.41, 5.74) is 5.29. The Kier molecular flexibility index (Phi) is 5.47. The van der Waals surface area contributed by atoms with Crippen molar-refractivity contribution in [2.75, 3.05) is 43.4 Å². The number of amides is 1. The van der Waals surface area contributed by atoms with E-state index in [4.69, 9.17) is 0 Å². The van der Waals surface area contributed by atoms with Crippen molar-refractivity contribution in [3.8, 4) is 0 Å². The molecule has 0 bridgehead atoms. The van der Waals surface area contributed by atoms with Gasteiger partial charge in [0.2, 0.25) is 0 Å². The van der Waals surface area contributed by atoms with Crippen LogP contribution in [0.1, 0.15) is 41.5 Å². The Hall–Kier alpha value is -2.93. The van der Waals surface area contributed by atoms with Crippen molar-refractivity contribution in [2.24, 2.45) is 0 Å². The van der Waals surface area contributed by atoms with E-state index < -0.39 is 0 Å². The largest absolute Gasteiger partial charge is 0.369 e. The number of nitrogens with one attached hydrogen (secondary N) is 1. The van der Waals surface area contributed by atoms with Gasteiger partial charge in [0, 0.05) is 49.0 Å². The molecule has 1 aliphatic heterocycles. The predicted molar refractivity (Wildman–Crippen MR) is 121 cm³/mol. The van der Waals surface area contributed by atoms with Gasteiger partial charge >= 0.3 is 0 Å². The highest BCUT2D eigenvalue weighted by Crippen LogP contribution is 2.26. The summed E-state index contributed by atoms with van der Waals surface area (Å²) in [6, 6.07) is 8.23. The van der Waals surface area contributed by atoms with Crippen LogP contribution in [0.4, 0.5) is 11.4 Å². The summed E-state index contributed by atoms with van der Waals surface area (Å²) in [5, 5.41) is 8.32. The summed E-state index contributed by atoms with van der Waals surface area (Å²) >= 11 is 0. The van der Waals surface area contributed by atoms with Gasteiger partial charge in [-0.15, -0.1) is 0 Å². The molecule has 7 heteroatoms. The van der Waals surface area contributed by atoms with E-state index in [9.17, 15) is 4.79 Å². The summed E-state index contributed by atoms with van der Waals surface area (Å²) in [7, 11) is 2.16. The average Bonchev–Trinajstić information content (AvgIpc) is 3.11. The van der Waals surface area contributed by atoms with Gasteiger partial charge < -0.3 is 15.1 Å². The van der Waals surface area contributed by atoms with E-state index in [0.717, 1.165) is 42.9 Å². The van der Waals surface area contributed by atoms with E-state index in [1.54, 1.807) is 6.20 Å². The second-order valence-corrected chi connectivity index (χ2v) is 8.46.